The molecule has 7 heteroatoms. The highest BCUT2D eigenvalue weighted by Crippen LogP contribution is 2.22. The van der Waals surface area contributed by atoms with Gasteiger partial charge in [-0.15, -0.1) is 5.10 Å². The second-order valence-corrected chi connectivity index (χ2v) is 5.09. The fraction of sp³-hybridized carbons (Fsp3) is 0.667. The van der Waals surface area contributed by atoms with E-state index < -0.39 is 5.54 Å². The van der Waals surface area contributed by atoms with Crippen LogP contribution in [-0.4, -0.2) is 65.2 Å². The van der Waals surface area contributed by atoms with Gasteiger partial charge in [0, 0.05) is 18.7 Å². The average Bonchev–Trinajstić information content (AvgIpc) is 2.41. The van der Waals surface area contributed by atoms with E-state index >= 15 is 0 Å². The molecule has 4 N–H and O–H groups in total. The molecule has 2 atom stereocenters. The third kappa shape index (κ3) is 2.94. The number of aromatic nitrogens is 2. The fourth-order valence-corrected chi connectivity index (χ4v) is 2.21. The zero-order valence-electron chi connectivity index (χ0n) is 11.3. The summed E-state index contributed by atoms with van der Waals surface area (Å²) < 4.78 is 5.57. The highest BCUT2D eigenvalue weighted by molar-refractivity contribution is 5.46. The molecule has 1 aromatic rings. The maximum Gasteiger partial charge on any atom is 0.150 e. The lowest BCUT2D eigenvalue weighted by molar-refractivity contribution is -0.101. The molecule has 0 bridgehead atoms. The lowest BCUT2D eigenvalue weighted by atomic mass is 9.96. The lowest BCUT2D eigenvalue weighted by Gasteiger charge is -2.47. The van der Waals surface area contributed by atoms with Gasteiger partial charge in [-0.05, 0) is 14.0 Å². The van der Waals surface area contributed by atoms with Crippen molar-refractivity contribution in [1.29, 1.82) is 0 Å². The molecule has 19 heavy (non-hydrogen) atoms. The summed E-state index contributed by atoms with van der Waals surface area (Å²) in [5, 5.41) is 20.6. The van der Waals surface area contributed by atoms with Crippen LogP contribution >= 0.6 is 0 Å². The van der Waals surface area contributed by atoms with Gasteiger partial charge in [0.15, 0.2) is 5.82 Å². The largest absolute Gasteiger partial charge is 0.397 e. The van der Waals surface area contributed by atoms with Crippen molar-refractivity contribution in [3.05, 3.63) is 12.3 Å². The summed E-state index contributed by atoms with van der Waals surface area (Å²) in [6.07, 6.45) is 1.49. The normalized spacial score (nSPS) is 28.3. The monoisotopic (exact) mass is 267 g/mol. The van der Waals surface area contributed by atoms with E-state index in [1.54, 1.807) is 6.07 Å². The Kier molecular flexibility index (Phi) is 4.18. The van der Waals surface area contributed by atoms with E-state index in [-0.39, 0.29) is 12.6 Å². The minimum absolute atomic E-state index is 0.0105. The molecule has 1 aliphatic rings. The number of nitrogens with zero attached hydrogens (tertiary/aromatic N) is 3. The number of anilines is 2. The second kappa shape index (κ2) is 5.68. The average molecular weight is 267 g/mol. The SMILES string of the molecule is C[C@@H]1COC[C@@](CO)(CNc2cc(N)cnn2)N1C. The molecule has 0 spiro atoms. The number of rotatable bonds is 4. The van der Waals surface area contributed by atoms with E-state index in [0.29, 0.717) is 31.3 Å². The first-order valence-electron chi connectivity index (χ1n) is 6.31. The molecule has 0 radical (unpaired) electrons. The van der Waals surface area contributed by atoms with Crippen LogP contribution < -0.4 is 11.1 Å². The first kappa shape index (κ1) is 14.0. The summed E-state index contributed by atoms with van der Waals surface area (Å²) in [7, 11) is 2.00. The van der Waals surface area contributed by atoms with Crippen molar-refractivity contribution in [3.63, 3.8) is 0 Å². The van der Waals surface area contributed by atoms with Crippen molar-refractivity contribution in [3.8, 4) is 0 Å². The minimum atomic E-state index is -0.454. The lowest BCUT2D eigenvalue weighted by Crippen LogP contribution is -2.64. The topological polar surface area (TPSA) is 96.5 Å². The van der Waals surface area contributed by atoms with E-state index in [9.17, 15) is 5.11 Å². The quantitative estimate of drug-likeness (QED) is 0.680. The third-order valence-electron chi connectivity index (χ3n) is 3.71. The number of hydrogen-bond acceptors (Lipinski definition) is 7. The number of nitrogens with one attached hydrogen (secondary N) is 1. The molecule has 0 aliphatic carbocycles. The fourth-order valence-electron chi connectivity index (χ4n) is 2.21. The summed E-state index contributed by atoms with van der Waals surface area (Å²) >= 11 is 0. The molecule has 1 saturated heterocycles. The van der Waals surface area contributed by atoms with Crippen molar-refractivity contribution >= 4 is 11.5 Å². The van der Waals surface area contributed by atoms with Crippen LogP contribution in [0.5, 0.6) is 0 Å². The number of morpholine rings is 1. The second-order valence-electron chi connectivity index (χ2n) is 5.09. The van der Waals surface area contributed by atoms with Gasteiger partial charge in [0.2, 0.25) is 0 Å². The molecular formula is C12H21N5O2. The zero-order valence-corrected chi connectivity index (χ0v) is 11.3. The molecule has 1 aromatic heterocycles. The smallest absolute Gasteiger partial charge is 0.150 e. The molecule has 1 fully saturated rings. The van der Waals surface area contributed by atoms with Crippen molar-refractivity contribution in [2.75, 3.05) is 44.5 Å². The van der Waals surface area contributed by atoms with Crippen LogP contribution in [0, 0.1) is 0 Å². The zero-order chi connectivity index (χ0) is 13.9. The van der Waals surface area contributed by atoms with Gasteiger partial charge in [-0.2, -0.15) is 5.10 Å². The number of nitrogens with two attached hydrogens (primary N) is 1. The molecule has 2 heterocycles. The molecule has 7 nitrogen and oxygen atoms in total. The highest BCUT2D eigenvalue weighted by Gasteiger charge is 2.40. The Hall–Kier alpha value is -1.44. The number of aliphatic hydroxyl groups excluding tert-OH is 1. The molecule has 1 aliphatic heterocycles. The Labute approximate surface area is 112 Å². The summed E-state index contributed by atoms with van der Waals surface area (Å²) in [5.41, 5.74) is 5.75. The number of likely N-dealkylation sites (N-methyl/N-ethyl adjacent to an activating group) is 1. The number of aliphatic hydroxyl groups is 1. The van der Waals surface area contributed by atoms with E-state index in [0.717, 1.165) is 0 Å². The third-order valence-corrected chi connectivity index (χ3v) is 3.71. The van der Waals surface area contributed by atoms with Gasteiger partial charge in [0.1, 0.15) is 0 Å². The van der Waals surface area contributed by atoms with Crippen LogP contribution in [0.4, 0.5) is 11.5 Å². The van der Waals surface area contributed by atoms with E-state index in [4.69, 9.17) is 10.5 Å². The number of hydrogen-bond donors (Lipinski definition) is 3. The van der Waals surface area contributed by atoms with Crippen LogP contribution in [0.3, 0.4) is 0 Å². The predicted octanol–water partition coefficient (Wildman–Crippen LogP) is -0.448. The summed E-state index contributed by atoms with van der Waals surface area (Å²) in [4.78, 5) is 2.14. The van der Waals surface area contributed by atoms with Gasteiger partial charge in [-0.25, -0.2) is 0 Å². The molecular weight excluding hydrogens is 246 g/mol. The maximum atomic E-state index is 9.74. The number of nitrogen functional groups attached to an aromatic ring is 1. The van der Waals surface area contributed by atoms with Crippen LogP contribution in [-0.2, 0) is 4.74 Å². The van der Waals surface area contributed by atoms with E-state index in [1.807, 2.05) is 7.05 Å². The van der Waals surface area contributed by atoms with Crippen LogP contribution in [0.1, 0.15) is 6.92 Å². The van der Waals surface area contributed by atoms with Crippen LogP contribution in [0.15, 0.2) is 12.3 Å². The Morgan fingerprint density at radius 2 is 2.47 bits per heavy atom. The summed E-state index contributed by atoms with van der Waals surface area (Å²) in [6, 6.07) is 1.97. The minimum Gasteiger partial charge on any atom is -0.397 e. The Morgan fingerprint density at radius 3 is 3.16 bits per heavy atom. The van der Waals surface area contributed by atoms with Gasteiger partial charge in [0.05, 0.1) is 37.2 Å². The molecule has 106 valence electrons. The van der Waals surface area contributed by atoms with Crippen molar-refractivity contribution < 1.29 is 9.84 Å². The Bertz CT molecular complexity index is 430. The first-order chi connectivity index (χ1) is 9.07. The highest BCUT2D eigenvalue weighted by atomic mass is 16.5. The van der Waals surface area contributed by atoms with Crippen molar-refractivity contribution in [2.24, 2.45) is 0 Å². The molecule has 0 unspecified atom stereocenters. The first-order valence-corrected chi connectivity index (χ1v) is 6.31. The van der Waals surface area contributed by atoms with Crippen molar-refractivity contribution in [2.45, 2.75) is 18.5 Å². The van der Waals surface area contributed by atoms with Crippen LogP contribution in [0.2, 0.25) is 0 Å². The van der Waals surface area contributed by atoms with Gasteiger partial charge in [0.25, 0.3) is 0 Å². The predicted molar refractivity (Wildman–Crippen MR) is 72.8 cm³/mol. The molecule has 0 amide bonds. The van der Waals surface area contributed by atoms with Crippen LogP contribution in [0.25, 0.3) is 0 Å². The molecule has 0 aromatic carbocycles. The van der Waals surface area contributed by atoms with E-state index in [2.05, 4.69) is 27.3 Å². The van der Waals surface area contributed by atoms with Crippen molar-refractivity contribution in [1.82, 2.24) is 15.1 Å². The van der Waals surface area contributed by atoms with Gasteiger partial charge in [-0.1, -0.05) is 0 Å². The molecule has 0 saturated carbocycles. The summed E-state index contributed by atoms with van der Waals surface area (Å²) in [5.74, 6) is 0.597. The van der Waals surface area contributed by atoms with E-state index in [1.165, 1.54) is 6.20 Å². The van der Waals surface area contributed by atoms with Gasteiger partial charge < -0.3 is 20.9 Å². The molecule has 2 rings (SSSR count). The maximum absolute atomic E-state index is 9.74. The van der Waals surface area contributed by atoms with Gasteiger partial charge in [-0.3, -0.25) is 4.90 Å². The Balaban J connectivity index is 2.06. The standard InChI is InChI=1S/C12H21N5O2/c1-9-5-19-8-12(7-18,17(9)2)6-14-11-3-10(13)4-15-16-11/h3-4,9,18H,5-8H2,1-2H3,(H3,13,14,16)/t9-,12+/m1/s1. The summed E-state index contributed by atoms with van der Waals surface area (Å²) in [6.45, 7) is 3.76. The Morgan fingerprint density at radius 1 is 1.68 bits per heavy atom. The van der Waals surface area contributed by atoms with Gasteiger partial charge >= 0.3 is 0 Å². The number of ether oxygens (including phenoxy) is 1.